The summed E-state index contributed by atoms with van der Waals surface area (Å²) in [5.74, 6) is 1.06. The number of hydrogen-bond donors (Lipinski definition) is 1. The summed E-state index contributed by atoms with van der Waals surface area (Å²) in [6.07, 6.45) is 4.59. The molecular weight excluding hydrogens is 206 g/mol. The number of thiazole rings is 1. The van der Waals surface area contributed by atoms with E-state index in [1.165, 1.54) is 17.7 Å². The monoisotopic (exact) mass is 217 g/mol. The first-order chi connectivity index (χ1) is 7.33. The van der Waals surface area contributed by atoms with E-state index >= 15 is 0 Å². The van der Waals surface area contributed by atoms with Crippen molar-refractivity contribution in [3.8, 4) is 16.3 Å². The fourth-order valence-electron chi connectivity index (χ4n) is 1.62. The Bertz CT molecular complexity index is 488. The SMILES string of the molecule is Oc1cccc(-c2ncc(C3CC3)s2)c1. The second-order valence-electron chi connectivity index (χ2n) is 3.89. The first kappa shape index (κ1) is 8.92. The molecule has 2 aromatic rings. The first-order valence-corrected chi connectivity index (χ1v) is 5.90. The van der Waals surface area contributed by atoms with Crippen molar-refractivity contribution in [1.29, 1.82) is 0 Å². The van der Waals surface area contributed by atoms with Crippen LogP contribution in [0.25, 0.3) is 10.6 Å². The summed E-state index contributed by atoms with van der Waals surface area (Å²) in [5, 5.41) is 10.4. The molecule has 1 heterocycles. The summed E-state index contributed by atoms with van der Waals surface area (Å²) in [6, 6.07) is 7.27. The number of aromatic nitrogens is 1. The summed E-state index contributed by atoms with van der Waals surface area (Å²) in [6.45, 7) is 0. The van der Waals surface area contributed by atoms with Crippen molar-refractivity contribution < 1.29 is 5.11 Å². The standard InChI is InChI=1S/C12H11NOS/c14-10-3-1-2-9(6-10)12-13-7-11(15-12)8-4-5-8/h1-3,6-8,14H,4-5H2. The molecule has 0 radical (unpaired) electrons. The van der Waals surface area contributed by atoms with Gasteiger partial charge in [0.05, 0.1) is 0 Å². The van der Waals surface area contributed by atoms with Crippen molar-refractivity contribution in [3.05, 3.63) is 35.3 Å². The second-order valence-corrected chi connectivity index (χ2v) is 4.95. The highest BCUT2D eigenvalue weighted by Crippen LogP contribution is 2.44. The van der Waals surface area contributed by atoms with E-state index in [2.05, 4.69) is 4.98 Å². The zero-order valence-electron chi connectivity index (χ0n) is 8.18. The highest BCUT2D eigenvalue weighted by Gasteiger charge is 2.25. The third-order valence-electron chi connectivity index (χ3n) is 2.60. The number of rotatable bonds is 2. The van der Waals surface area contributed by atoms with Crippen molar-refractivity contribution >= 4 is 11.3 Å². The lowest BCUT2D eigenvalue weighted by Crippen LogP contribution is -1.73. The van der Waals surface area contributed by atoms with Gasteiger partial charge in [-0.3, -0.25) is 0 Å². The van der Waals surface area contributed by atoms with Gasteiger partial charge in [0.1, 0.15) is 10.8 Å². The van der Waals surface area contributed by atoms with Crippen molar-refractivity contribution in [1.82, 2.24) is 4.98 Å². The van der Waals surface area contributed by atoms with E-state index in [-0.39, 0.29) is 0 Å². The Kier molecular flexibility index (Phi) is 1.99. The normalized spacial score (nSPS) is 15.5. The summed E-state index contributed by atoms with van der Waals surface area (Å²) in [5.41, 5.74) is 1.01. The zero-order chi connectivity index (χ0) is 10.3. The Morgan fingerprint density at radius 2 is 2.20 bits per heavy atom. The summed E-state index contributed by atoms with van der Waals surface area (Å²) >= 11 is 1.74. The minimum atomic E-state index is 0.302. The van der Waals surface area contributed by atoms with Gasteiger partial charge in [0.2, 0.25) is 0 Å². The van der Waals surface area contributed by atoms with Crippen LogP contribution in [0.1, 0.15) is 23.6 Å². The van der Waals surface area contributed by atoms with E-state index in [4.69, 9.17) is 0 Å². The second kappa shape index (κ2) is 3.35. The van der Waals surface area contributed by atoms with Crippen LogP contribution in [0.2, 0.25) is 0 Å². The topological polar surface area (TPSA) is 33.1 Å². The molecule has 2 nitrogen and oxygen atoms in total. The molecule has 1 aromatic carbocycles. The summed E-state index contributed by atoms with van der Waals surface area (Å²) in [7, 11) is 0. The molecule has 15 heavy (non-hydrogen) atoms. The minimum absolute atomic E-state index is 0.302. The Morgan fingerprint density at radius 1 is 1.33 bits per heavy atom. The van der Waals surface area contributed by atoms with Crippen LogP contribution in [-0.4, -0.2) is 10.1 Å². The Morgan fingerprint density at radius 3 is 2.93 bits per heavy atom. The highest BCUT2D eigenvalue weighted by molar-refractivity contribution is 7.15. The average molecular weight is 217 g/mol. The van der Waals surface area contributed by atoms with Crippen LogP contribution in [0.5, 0.6) is 5.75 Å². The molecule has 1 fully saturated rings. The number of nitrogens with zero attached hydrogens (tertiary/aromatic N) is 1. The van der Waals surface area contributed by atoms with E-state index in [0.717, 1.165) is 16.5 Å². The van der Waals surface area contributed by atoms with Crippen LogP contribution in [0.4, 0.5) is 0 Å². The molecule has 3 rings (SSSR count). The van der Waals surface area contributed by atoms with Gasteiger partial charge >= 0.3 is 0 Å². The fourth-order valence-corrected chi connectivity index (χ4v) is 2.70. The van der Waals surface area contributed by atoms with Gasteiger partial charge in [-0.1, -0.05) is 12.1 Å². The lowest BCUT2D eigenvalue weighted by atomic mass is 10.2. The zero-order valence-corrected chi connectivity index (χ0v) is 9.00. The number of phenols is 1. The maximum absolute atomic E-state index is 9.38. The number of hydrogen-bond acceptors (Lipinski definition) is 3. The van der Waals surface area contributed by atoms with Crippen molar-refractivity contribution in [2.24, 2.45) is 0 Å². The van der Waals surface area contributed by atoms with Gasteiger partial charge in [0.25, 0.3) is 0 Å². The van der Waals surface area contributed by atoms with Crippen molar-refractivity contribution in [3.63, 3.8) is 0 Å². The smallest absolute Gasteiger partial charge is 0.123 e. The van der Waals surface area contributed by atoms with Gasteiger partial charge in [0, 0.05) is 16.6 Å². The number of phenolic OH excluding ortho intramolecular Hbond substituents is 1. The van der Waals surface area contributed by atoms with E-state index in [1.807, 2.05) is 18.3 Å². The molecule has 0 atom stereocenters. The molecule has 1 aliphatic carbocycles. The Hall–Kier alpha value is -1.35. The molecule has 0 saturated heterocycles. The minimum Gasteiger partial charge on any atom is -0.508 e. The van der Waals surface area contributed by atoms with Gasteiger partial charge < -0.3 is 5.11 Å². The molecule has 1 saturated carbocycles. The van der Waals surface area contributed by atoms with E-state index in [9.17, 15) is 5.11 Å². The number of aromatic hydroxyl groups is 1. The molecule has 0 aliphatic heterocycles. The highest BCUT2D eigenvalue weighted by atomic mass is 32.1. The van der Waals surface area contributed by atoms with Crippen LogP contribution in [0.3, 0.4) is 0 Å². The number of benzene rings is 1. The molecule has 1 aliphatic rings. The van der Waals surface area contributed by atoms with Gasteiger partial charge in [-0.25, -0.2) is 4.98 Å². The Balaban J connectivity index is 1.97. The van der Waals surface area contributed by atoms with Crippen LogP contribution in [0, 0.1) is 0 Å². The van der Waals surface area contributed by atoms with Crippen molar-refractivity contribution in [2.75, 3.05) is 0 Å². The Labute approximate surface area is 92.2 Å². The van der Waals surface area contributed by atoms with Crippen LogP contribution in [0.15, 0.2) is 30.5 Å². The predicted octanol–water partition coefficient (Wildman–Crippen LogP) is 3.39. The van der Waals surface area contributed by atoms with Crippen molar-refractivity contribution in [2.45, 2.75) is 18.8 Å². The maximum atomic E-state index is 9.38. The molecule has 1 aromatic heterocycles. The van der Waals surface area contributed by atoms with Gasteiger partial charge in [-0.15, -0.1) is 11.3 Å². The summed E-state index contributed by atoms with van der Waals surface area (Å²) < 4.78 is 0. The third kappa shape index (κ3) is 1.75. The maximum Gasteiger partial charge on any atom is 0.123 e. The van der Waals surface area contributed by atoms with E-state index < -0.39 is 0 Å². The van der Waals surface area contributed by atoms with E-state index in [1.54, 1.807) is 23.5 Å². The molecule has 76 valence electrons. The summed E-state index contributed by atoms with van der Waals surface area (Å²) in [4.78, 5) is 5.78. The molecule has 0 unspecified atom stereocenters. The predicted molar refractivity (Wildman–Crippen MR) is 61.2 cm³/mol. The molecule has 0 bridgehead atoms. The first-order valence-electron chi connectivity index (χ1n) is 5.08. The van der Waals surface area contributed by atoms with Crippen LogP contribution in [-0.2, 0) is 0 Å². The fraction of sp³-hybridized carbons (Fsp3) is 0.250. The van der Waals surface area contributed by atoms with Gasteiger partial charge in [-0.05, 0) is 30.9 Å². The molecule has 0 spiro atoms. The third-order valence-corrected chi connectivity index (χ3v) is 3.81. The average Bonchev–Trinajstić information content (AvgIpc) is 2.97. The molecule has 1 N–H and O–H groups in total. The van der Waals surface area contributed by atoms with E-state index in [0.29, 0.717) is 5.75 Å². The van der Waals surface area contributed by atoms with Gasteiger partial charge in [-0.2, -0.15) is 0 Å². The van der Waals surface area contributed by atoms with Gasteiger partial charge in [0.15, 0.2) is 0 Å². The van der Waals surface area contributed by atoms with Crippen LogP contribution >= 0.6 is 11.3 Å². The largest absolute Gasteiger partial charge is 0.508 e. The quantitative estimate of drug-likeness (QED) is 0.836. The lowest BCUT2D eigenvalue weighted by molar-refractivity contribution is 0.475. The van der Waals surface area contributed by atoms with Crippen LogP contribution < -0.4 is 0 Å². The molecule has 0 amide bonds. The molecule has 3 heteroatoms. The lowest BCUT2D eigenvalue weighted by Gasteiger charge is -1.96. The molecular formula is C12H11NOS.